The number of hydrogen-bond donors (Lipinski definition) is 2. The monoisotopic (exact) mass is 269 g/mol. The third-order valence-electron chi connectivity index (χ3n) is 2.40. The van der Waals surface area contributed by atoms with Gasteiger partial charge in [0.1, 0.15) is 5.82 Å². The van der Waals surface area contributed by atoms with E-state index < -0.39 is 5.97 Å². The minimum Gasteiger partial charge on any atom is -0.462 e. The predicted octanol–water partition coefficient (Wildman–Crippen LogP) is 2.00. The Hall–Kier alpha value is -1.43. The van der Waals surface area contributed by atoms with Gasteiger partial charge in [-0.05, 0) is 19.2 Å². The number of nitrogen functional groups attached to an aromatic ring is 1. The number of esters is 1. The molecule has 1 heterocycles. The Balaban J connectivity index is 2.77. The van der Waals surface area contributed by atoms with Gasteiger partial charge in [0, 0.05) is 11.8 Å². The number of ether oxygens (including phenoxy) is 1. The van der Waals surface area contributed by atoms with Gasteiger partial charge in [0.25, 0.3) is 0 Å². The summed E-state index contributed by atoms with van der Waals surface area (Å²) in [5, 5.41) is 3.63. The van der Waals surface area contributed by atoms with E-state index in [1.165, 1.54) is 6.20 Å². The van der Waals surface area contributed by atoms with Crippen molar-refractivity contribution in [2.75, 3.05) is 30.5 Å². The van der Waals surface area contributed by atoms with Gasteiger partial charge in [-0.25, -0.2) is 9.78 Å². The Labute approximate surface area is 111 Å². The summed E-state index contributed by atoms with van der Waals surface area (Å²) in [6, 6.07) is 1.63. The first-order chi connectivity index (χ1) is 8.58. The molecule has 100 valence electrons. The summed E-state index contributed by atoms with van der Waals surface area (Å²) in [4.78, 5) is 15.8. The Morgan fingerprint density at radius 1 is 1.67 bits per heavy atom. The summed E-state index contributed by atoms with van der Waals surface area (Å²) in [5.41, 5.74) is 6.39. The Morgan fingerprint density at radius 3 is 3.00 bits per heavy atom. The average Bonchev–Trinajstić information content (AvgIpc) is 2.37. The maximum atomic E-state index is 11.7. The Kier molecular flexibility index (Phi) is 5.77. The number of nitrogens with one attached hydrogen (secondary N) is 1. The van der Waals surface area contributed by atoms with E-state index in [4.69, 9.17) is 10.5 Å². The van der Waals surface area contributed by atoms with Gasteiger partial charge in [-0.2, -0.15) is 11.8 Å². The molecule has 3 N–H and O–H groups in total. The molecule has 0 saturated heterocycles. The Bertz CT molecular complexity index is 412. The third kappa shape index (κ3) is 4.10. The predicted molar refractivity (Wildman–Crippen MR) is 76.1 cm³/mol. The average molecular weight is 269 g/mol. The molecule has 0 aromatic carbocycles. The highest BCUT2D eigenvalue weighted by atomic mass is 32.2. The fourth-order valence-electron chi connectivity index (χ4n) is 1.28. The lowest BCUT2D eigenvalue weighted by molar-refractivity contribution is 0.0527. The molecule has 0 aliphatic rings. The fraction of sp³-hybridized carbons (Fsp3) is 0.500. The van der Waals surface area contributed by atoms with Crippen LogP contribution in [0.15, 0.2) is 12.3 Å². The number of aromatic nitrogens is 1. The third-order valence-corrected chi connectivity index (χ3v) is 3.37. The van der Waals surface area contributed by atoms with Crippen LogP contribution in [0.1, 0.15) is 24.2 Å². The number of nitrogens with two attached hydrogens (primary N) is 1. The van der Waals surface area contributed by atoms with Crippen LogP contribution in [0.2, 0.25) is 0 Å². The van der Waals surface area contributed by atoms with Crippen molar-refractivity contribution in [2.45, 2.75) is 19.1 Å². The van der Waals surface area contributed by atoms with Crippen molar-refractivity contribution in [3.63, 3.8) is 0 Å². The van der Waals surface area contributed by atoms with E-state index in [-0.39, 0.29) is 0 Å². The second kappa shape index (κ2) is 7.10. The summed E-state index contributed by atoms with van der Waals surface area (Å²) >= 11 is 1.76. The van der Waals surface area contributed by atoms with Gasteiger partial charge >= 0.3 is 5.97 Å². The first-order valence-electron chi connectivity index (χ1n) is 5.77. The molecule has 0 bridgehead atoms. The largest absolute Gasteiger partial charge is 0.462 e. The summed E-state index contributed by atoms with van der Waals surface area (Å²) in [7, 11) is 0. The summed E-state index contributed by atoms with van der Waals surface area (Å²) in [6.07, 6.45) is 3.52. The number of carbonyl (C=O) groups excluding carboxylic acids is 1. The number of rotatable bonds is 6. The van der Waals surface area contributed by atoms with E-state index in [1.807, 2.05) is 6.26 Å². The molecule has 18 heavy (non-hydrogen) atoms. The van der Waals surface area contributed by atoms with Crippen molar-refractivity contribution in [3.05, 3.63) is 17.8 Å². The smallest absolute Gasteiger partial charge is 0.340 e. The molecule has 1 aromatic heterocycles. The van der Waals surface area contributed by atoms with Gasteiger partial charge < -0.3 is 15.8 Å². The van der Waals surface area contributed by atoms with Crippen molar-refractivity contribution in [3.8, 4) is 0 Å². The molecule has 0 radical (unpaired) electrons. The zero-order valence-corrected chi connectivity index (χ0v) is 11.7. The van der Waals surface area contributed by atoms with Gasteiger partial charge in [-0.3, -0.25) is 0 Å². The molecule has 0 saturated carbocycles. The number of carbonyl (C=O) groups is 1. The van der Waals surface area contributed by atoms with Crippen LogP contribution < -0.4 is 11.1 Å². The molecule has 1 atom stereocenters. The van der Waals surface area contributed by atoms with E-state index in [9.17, 15) is 4.79 Å². The molecule has 5 nitrogen and oxygen atoms in total. The summed E-state index contributed by atoms with van der Waals surface area (Å²) in [5.74, 6) is 0.214. The highest BCUT2D eigenvalue weighted by molar-refractivity contribution is 7.99. The highest BCUT2D eigenvalue weighted by Gasteiger charge is 2.12. The van der Waals surface area contributed by atoms with Crippen LogP contribution in [0.5, 0.6) is 0 Å². The molecule has 6 heteroatoms. The van der Waals surface area contributed by atoms with E-state index in [0.717, 1.165) is 6.54 Å². The zero-order chi connectivity index (χ0) is 13.5. The number of pyridine rings is 1. The van der Waals surface area contributed by atoms with Crippen LogP contribution >= 0.6 is 11.8 Å². The molecule has 0 aliphatic heterocycles. The highest BCUT2D eigenvalue weighted by Crippen LogP contribution is 2.16. The molecular formula is C12H19N3O2S. The van der Waals surface area contributed by atoms with Crippen LogP contribution in [-0.4, -0.2) is 35.6 Å². The van der Waals surface area contributed by atoms with E-state index in [1.54, 1.807) is 24.8 Å². The minimum atomic E-state index is -0.418. The van der Waals surface area contributed by atoms with Crippen LogP contribution in [0.25, 0.3) is 0 Å². The van der Waals surface area contributed by atoms with Crippen molar-refractivity contribution < 1.29 is 9.53 Å². The van der Waals surface area contributed by atoms with Crippen molar-refractivity contribution in [2.24, 2.45) is 0 Å². The minimum absolute atomic E-state index is 0.326. The van der Waals surface area contributed by atoms with Crippen LogP contribution in [-0.2, 0) is 4.74 Å². The van der Waals surface area contributed by atoms with Crippen LogP contribution in [0.3, 0.4) is 0 Å². The standard InChI is InChI=1S/C12H19N3O2S/c1-4-17-12(16)9-5-11(15-7-10(9)13)14-6-8(2)18-3/h5,7-8H,4,6,13H2,1-3H3,(H,14,15). The van der Waals surface area contributed by atoms with Crippen LogP contribution in [0.4, 0.5) is 11.5 Å². The van der Waals surface area contributed by atoms with Gasteiger partial charge in [0.15, 0.2) is 0 Å². The van der Waals surface area contributed by atoms with Gasteiger partial charge in [0.05, 0.1) is 24.1 Å². The lowest BCUT2D eigenvalue weighted by Gasteiger charge is -2.12. The quantitative estimate of drug-likeness (QED) is 0.769. The maximum Gasteiger partial charge on any atom is 0.340 e. The molecule has 0 amide bonds. The molecule has 0 spiro atoms. The second-order valence-electron chi connectivity index (χ2n) is 3.80. The molecule has 1 rings (SSSR count). The molecule has 1 unspecified atom stereocenters. The number of anilines is 2. The number of nitrogens with zero attached hydrogens (tertiary/aromatic N) is 1. The second-order valence-corrected chi connectivity index (χ2v) is 5.08. The molecule has 1 aromatic rings. The van der Waals surface area contributed by atoms with Gasteiger partial charge in [0.2, 0.25) is 0 Å². The van der Waals surface area contributed by atoms with Crippen LogP contribution in [0, 0.1) is 0 Å². The zero-order valence-electron chi connectivity index (χ0n) is 10.9. The first-order valence-corrected chi connectivity index (χ1v) is 7.06. The Morgan fingerprint density at radius 2 is 2.39 bits per heavy atom. The number of thioether (sulfide) groups is 1. The van der Waals surface area contributed by atoms with Crippen molar-refractivity contribution >= 4 is 29.2 Å². The topological polar surface area (TPSA) is 77.2 Å². The van der Waals surface area contributed by atoms with E-state index in [2.05, 4.69) is 17.2 Å². The summed E-state index contributed by atoms with van der Waals surface area (Å²) < 4.78 is 4.93. The molecular weight excluding hydrogens is 250 g/mol. The van der Waals surface area contributed by atoms with Crippen molar-refractivity contribution in [1.82, 2.24) is 4.98 Å². The summed E-state index contributed by atoms with van der Waals surface area (Å²) in [6.45, 7) is 4.98. The lowest BCUT2D eigenvalue weighted by atomic mass is 10.2. The normalized spacial score (nSPS) is 11.9. The maximum absolute atomic E-state index is 11.7. The number of hydrogen-bond acceptors (Lipinski definition) is 6. The molecule has 0 aliphatic carbocycles. The van der Waals surface area contributed by atoms with E-state index in [0.29, 0.717) is 28.9 Å². The van der Waals surface area contributed by atoms with Crippen molar-refractivity contribution in [1.29, 1.82) is 0 Å². The van der Waals surface area contributed by atoms with Gasteiger partial charge in [-0.15, -0.1) is 0 Å². The SMILES string of the molecule is CCOC(=O)c1cc(NCC(C)SC)ncc1N. The lowest BCUT2D eigenvalue weighted by Crippen LogP contribution is -2.15. The molecule has 0 fully saturated rings. The first kappa shape index (κ1) is 14.6. The fourth-order valence-corrected chi connectivity index (χ4v) is 1.53. The van der Waals surface area contributed by atoms with Gasteiger partial charge in [-0.1, -0.05) is 6.92 Å². The van der Waals surface area contributed by atoms with E-state index >= 15 is 0 Å².